The minimum atomic E-state index is 0.353. The molecule has 0 aliphatic rings. The summed E-state index contributed by atoms with van der Waals surface area (Å²) < 4.78 is 1.76. The van der Waals surface area contributed by atoms with Crippen molar-refractivity contribution in [2.75, 3.05) is 12.3 Å². The fourth-order valence-corrected chi connectivity index (χ4v) is 2.65. The van der Waals surface area contributed by atoms with Gasteiger partial charge in [0.05, 0.1) is 11.4 Å². The maximum Gasteiger partial charge on any atom is 0.152 e. The first-order chi connectivity index (χ1) is 12.1. The van der Waals surface area contributed by atoms with Crippen LogP contribution in [0.15, 0.2) is 12.7 Å². The van der Waals surface area contributed by atoms with Gasteiger partial charge in [-0.2, -0.15) is 9.99 Å². The average Bonchev–Trinajstić information content (AvgIpc) is 2.95. The monoisotopic (exact) mass is 339 g/mol. The molecule has 0 radical (unpaired) electrons. The summed E-state index contributed by atoms with van der Waals surface area (Å²) in [6, 6.07) is 2.15. The van der Waals surface area contributed by atoms with Crippen LogP contribution >= 0.6 is 0 Å². The zero-order chi connectivity index (χ0) is 18.2. The van der Waals surface area contributed by atoms with Crippen molar-refractivity contribution < 1.29 is 4.84 Å². The number of imidazole rings is 1. The summed E-state index contributed by atoms with van der Waals surface area (Å²) >= 11 is 0. The lowest BCUT2D eigenvalue weighted by atomic mass is 10.2. The van der Waals surface area contributed by atoms with E-state index in [0.29, 0.717) is 29.7 Å². The maximum atomic E-state index is 8.64. The van der Waals surface area contributed by atoms with Gasteiger partial charge >= 0.3 is 0 Å². The lowest BCUT2D eigenvalue weighted by Gasteiger charge is -2.11. The Kier molecular flexibility index (Phi) is 6.58. The van der Waals surface area contributed by atoms with Crippen molar-refractivity contribution in [1.82, 2.24) is 14.7 Å². The van der Waals surface area contributed by atoms with Gasteiger partial charge < -0.3 is 10.6 Å². The van der Waals surface area contributed by atoms with Gasteiger partial charge in [-0.3, -0.25) is 0 Å². The molecule has 2 heterocycles. The number of nitrogen functional groups attached to an aromatic ring is 1. The van der Waals surface area contributed by atoms with Gasteiger partial charge in [0.2, 0.25) is 0 Å². The summed E-state index contributed by atoms with van der Waals surface area (Å²) in [4.78, 5) is 15.0. The highest BCUT2D eigenvalue weighted by Crippen LogP contribution is 2.17. The zero-order valence-electron chi connectivity index (χ0n) is 14.8. The van der Waals surface area contributed by atoms with Crippen molar-refractivity contribution >= 4 is 29.5 Å². The molecule has 25 heavy (non-hydrogen) atoms. The summed E-state index contributed by atoms with van der Waals surface area (Å²) in [6.45, 7) is 10.4. The number of rotatable bonds is 9. The second kappa shape index (κ2) is 8.88. The van der Waals surface area contributed by atoms with Crippen LogP contribution in [-0.4, -0.2) is 21.3 Å². The molecule has 0 saturated carbocycles. The molecule has 6 nitrogen and oxygen atoms in total. The molecule has 0 unspecified atom stereocenters. The number of aryl methyl sites for hydroxylation is 1. The molecule has 2 rings (SSSR count). The van der Waals surface area contributed by atoms with E-state index in [0.717, 1.165) is 48.7 Å². The van der Waals surface area contributed by atoms with Crippen LogP contribution in [0.3, 0.4) is 0 Å². The molecule has 0 spiro atoms. The first-order valence-corrected chi connectivity index (χ1v) is 8.62. The first kappa shape index (κ1) is 18.5. The van der Waals surface area contributed by atoms with Crippen LogP contribution in [-0.2, 0) is 6.42 Å². The van der Waals surface area contributed by atoms with Crippen LogP contribution in [0.1, 0.15) is 44.9 Å². The van der Waals surface area contributed by atoms with Crippen LogP contribution < -0.4 is 21.1 Å². The van der Waals surface area contributed by atoms with E-state index in [1.165, 1.54) is 0 Å². The number of hydrogen-bond acceptors (Lipinski definition) is 5. The van der Waals surface area contributed by atoms with Gasteiger partial charge in [0.1, 0.15) is 23.5 Å². The molecule has 2 aromatic heterocycles. The van der Waals surface area contributed by atoms with E-state index in [4.69, 9.17) is 15.8 Å². The molecule has 0 aliphatic carbocycles. The molecular formula is C19H25N5O. The Morgan fingerprint density at radius 1 is 1.32 bits per heavy atom. The third-order valence-electron chi connectivity index (χ3n) is 3.91. The van der Waals surface area contributed by atoms with Crippen LogP contribution in [0.2, 0.25) is 0 Å². The van der Waals surface area contributed by atoms with Crippen LogP contribution in [0.5, 0.6) is 0 Å². The van der Waals surface area contributed by atoms with Crippen molar-refractivity contribution in [2.45, 2.75) is 45.4 Å². The van der Waals surface area contributed by atoms with Crippen molar-refractivity contribution in [3.05, 3.63) is 29.0 Å². The molecule has 0 bridgehead atoms. The Morgan fingerprint density at radius 3 is 2.80 bits per heavy atom. The molecule has 6 heteroatoms. The Hall–Kier alpha value is -2.81. The van der Waals surface area contributed by atoms with Crippen molar-refractivity contribution in [2.24, 2.45) is 0 Å². The highest BCUT2D eigenvalue weighted by Gasteiger charge is 2.16. The molecule has 132 valence electrons. The number of fused-ring (bicyclic) bond motifs is 1. The van der Waals surface area contributed by atoms with Gasteiger partial charge in [-0.05, 0) is 19.3 Å². The SMILES string of the molecule is C=C/C=c1\c(=C)nc(N)c2nc(CCCC)n(OCCCCC#N)c12. The molecule has 2 aromatic rings. The van der Waals surface area contributed by atoms with Crippen molar-refractivity contribution in [3.63, 3.8) is 0 Å². The lowest BCUT2D eigenvalue weighted by molar-refractivity contribution is 0.108. The highest BCUT2D eigenvalue weighted by atomic mass is 16.7. The summed E-state index contributed by atoms with van der Waals surface area (Å²) in [5, 5.41) is 10.0. The third kappa shape index (κ3) is 4.18. The van der Waals surface area contributed by atoms with E-state index < -0.39 is 0 Å². The van der Waals surface area contributed by atoms with E-state index >= 15 is 0 Å². The van der Waals surface area contributed by atoms with Crippen LogP contribution in [0.4, 0.5) is 5.82 Å². The van der Waals surface area contributed by atoms with Gasteiger partial charge in [0.15, 0.2) is 5.82 Å². The molecule has 0 atom stereocenters. The minimum absolute atomic E-state index is 0.353. The van der Waals surface area contributed by atoms with Crippen LogP contribution in [0, 0.1) is 11.3 Å². The molecule has 2 N–H and O–H groups in total. The number of pyridine rings is 1. The predicted molar refractivity (Wildman–Crippen MR) is 101 cm³/mol. The summed E-state index contributed by atoms with van der Waals surface area (Å²) in [5.74, 6) is 1.18. The van der Waals surface area contributed by atoms with Crippen LogP contribution in [0.25, 0.3) is 23.7 Å². The summed E-state index contributed by atoms with van der Waals surface area (Å²) in [7, 11) is 0. The van der Waals surface area contributed by atoms with E-state index in [-0.39, 0.29) is 0 Å². The second-order valence-electron chi connectivity index (χ2n) is 5.83. The average molecular weight is 339 g/mol. The number of unbranched alkanes of at least 4 members (excludes halogenated alkanes) is 3. The number of anilines is 1. The molecular weight excluding hydrogens is 314 g/mol. The van der Waals surface area contributed by atoms with Crippen molar-refractivity contribution in [3.8, 4) is 6.07 Å². The Bertz CT molecular complexity index is 891. The smallest absolute Gasteiger partial charge is 0.152 e. The van der Waals surface area contributed by atoms with E-state index in [1.54, 1.807) is 10.8 Å². The minimum Gasteiger partial charge on any atom is -0.412 e. The normalized spacial score (nSPS) is 11.6. The van der Waals surface area contributed by atoms with Gasteiger partial charge in [0.25, 0.3) is 0 Å². The van der Waals surface area contributed by atoms with E-state index in [9.17, 15) is 0 Å². The number of nitrogens with two attached hydrogens (primary N) is 1. The number of allylic oxidation sites excluding steroid dienone is 1. The Balaban J connectivity index is 2.53. The fraction of sp³-hybridized carbons (Fsp3) is 0.421. The quantitative estimate of drug-likeness (QED) is 0.704. The predicted octanol–water partition coefficient (Wildman–Crippen LogP) is 1.86. The Labute approximate surface area is 147 Å². The maximum absolute atomic E-state index is 8.64. The van der Waals surface area contributed by atoms with Gasteiger partial charge in [-0.1, -0.05) is 38.7 Å². The fourth-order valence-electron chi connectivity index (χ4n) is 2.65. The number of nitriles is 1. The largest absolute Gasteiger partial charge is 0.412 e. The summed E-state index contributed by atoms with van der Waals surface area (Å²) in [6.07, 6.45) is 8.55. The second-order valence-corrected chi connectivity index (χ2v) is 5.83. The molecule has 0 amide bonds. The number of aromatic nitrogens is 3. The number of hydrogen-bond donors (Lipinski definition) is 1. The highest BCUT2D eigenvalue weighted by molar-refractivity contribution is 5.86. The number of nitrogens with zero attached hydrogens (tertiary/aromatic N) is 4. The topological polar surface area (TPSA) is 89.8 Å². The zero-order valence-corrected chi connectivity index (χ0v) is 14.8. The van der Waals surface area contributed by atoms with Crippen molar-refractivity contribution in [1.29, 1.82) is 5.26 Å². The first-order valence-electron chi connectivity index (χ1n) is 8.62. The molecule has 0 fully saturated rings. The van der Waals surface area contributed by atoms with E-state index in [1.807, 2.05) is 6.08 Å². The third-order valence-corrected chi connectivity index (χ3v) is 3.91. The lowest BCUT2D eigenvalue weighted by Crippen LogP contribution is -2.31. The molecule has 0 aliphatic heterocycles. The Morgan fingerprint density at radius 2 is 2.12 bits per heavy atom. The standard InChI is InChI=1S/C19H25N5O/c1-4-6-11-16-23-17-18(24(16)25-13-9-7-8-12-20)15(10-5-2)14(3)22-19(17)21/h5,10H,2-4,6-9,11,13H2,1H3,(H2,21,22)/b15-10+. The van der Waals surface area contributed by atoms with Gasteiger partial charge in [-0.25, -0.2) is 9.97 Å². The van der Waals surface area contributed by atoms with E-state index in [2.05, 4.69) is 36.1 Å². The molecule has 0 aromatic carbocycles. The van der Waals surface area contributed by atoms with Gasteiger partial charge in [-0.15, -0.1) is 0 Å². The summed E-state index contributed by atoms with van der Waals surface area (Å²) in [5.41, 5.74) is 7.48. The molecule has 0 saturated heterocycles. The van der Waals surface area contributed by atoms with Gasteiger partial charge in [0, 0.05) is 18.1 Å².